The van der Waals surface area contributed by atoms with Gasteiger partial charge < -0.3 is 10.2 Å². The van der Waals surface area contributed by atoms with Gasteiger partial charge in [-0.1, -0.05) is 41.9 Å². The first-order valence-electron chi connectivity index (χ1n) is 9.37. The molecule has 0 fully saturated rings. The maximum Gasteiger partial charge on any atom is 0.222 e. The first-order chi connectivity index (χ1) is 14.0. The van der Waals surface area contributed by atoms with Gasteiger partial charge in [-0.15, -0.1) is 0 Å². The molecule has 0 unspecified atom stereocenters. The van der Waals surface area contributed by atoms with Crippen molar-refractivity contribution in [3.05, 3.63) is 83.1 Å². The summed E-state index contributed by atoms with van der Waals surface area (Å²) < 4.78 is 1.73. The maximum absolute atomic E-state index is 12.2. The lowest BCUT2D eigenvalue weighted by Crippen LogP contribution is -2.33. The molecule has 0 saturated heterocycles. The van der Waals surface area contributed by atoms with Crippen molar-refractivity contribution in [1.29, 1.82) is 0 Å². The molecule has 0 bridgehead atoms. The van der Waals surface area contributed by atoms with Crippen LogP contribution >= 0.6 is 11.6 Å². The molecule has 150 valence electrons. The average molecular weight is 411 g/mol. The molecular formula is C22H23ClN4O2. The highest BCUT2D eigenvalue weighted by Crippen LogP contribution is 2.13. The topological polar surface area (TPSA) is 67.2 Å². The smallest absolute Gasteiger partial charge is 0.222 e. The number of rotatable bonds is 8. The highest BCUT2D eigenvalue weighted by Gasteiger charge is 2.12. The second-order valence-corrected chi connectivity index (χ2v) is 7.16. The number of benzene rings is 2. The largest absolute Gasteiger partial charge is 0.352 e. The Hall–Kier alpha value is -3.12. The van der Waals surface area contributed by atoms with E-state index in [-0.39, 0.29) is 18.2 Å². The lowest BCUT2D eigenvalue weighted by molar-refractivity contribution is -0.130. The summed E-state index contributed by atoms with van der Waals surface area (Å²) in [5.74, 6) is -0.158. The quantitative estimate of drug-likeness (QED) is 0.617. The number of aromatic nitrogens is 2. The van der Waals surface area contributed by atoms with Crippen LogP contribution in [0.2, 0.25) is 5.02 Å². The van der Waals surface area contributed by atoms with Gasteiger partial charge in [-0.25, -0.2) is 4.68 Å². The molecule has 2 aromatic carbocycles. The van der Waals surface area contributed by atoms with E-state index in [1.165, 1.54) is 6.92 Å². The highest BCUT2D eigenvalue weighted by atomic mass is 35.5. The molecule has 29 heavy (non-hydrogen) atoms. The van der Waals surface area contributed by atoms with Crippen LogP contribution in [0.3, 0.4) is 0 Å². The van der Waals surface area contributed by atoms with E-state index in [9.17, 15) is 9.59 Å². The van der Waals surface area contributed by atoms with Crippen molar-refractivity contribution >= 4 is 23.4 Å². The average Bonchev–Trinajstić information content (AvgIpc) is 3.19. The van der Waals surface area contributed by atoms with Gasteiger partial charge in [-0.2, -0.15) is 5.10 Å². The number of halogens is 1. The zero-order valence-corrected chi connectivity index (χ0v) is 17.0. The molecule has 7 heteroatoms. The molecule has 3 rings (SSSR count). The molecule has 0 radical (unpaired) electrons. The van der Waals surface area contributed by atoms with Gasteiger partial charge in [0.25, 0.3) is 0 Å². The van der Waals surface area contributed by atoms with Crippen LogP contribution < -0.4 is 5.32 Å². The Balaban J connectivity index is 1.48. The molecular weight excluding hydrogens is 388 g/mol. The Kier molecular flexibility index (Phi) is 7.03. The molecule has 0 atom stereocenters. The number of amides is 2. The van der Waals surface area contributed by atoms with Gasteiger partial charge in [-0.3, -0.25) is 9.59 Å². The molecule has 0 saturated carbocycles. The first-order valence-corrected chi connectivity index (χ1v) is 9.74. The number of nitrogens with zero attached hydrogens (tertiary/aromatic N) is 3. The molecule has 3 aromatic rings. The van der Waals surface area contributed by atoms with Gasteiger partial charge in [0.05, 0.1) is 11.9 Å². The summed E-state index contributed by atoms with van der Waals surface area (Å²) in [6.07, 6.45) is 3.82. The van der Waals surface area contributed by atoms with Crippen molar-refractivity contribution in [1.82, 2.24) is 20.0 Å². The Morgan fingerprint density at radius 3 is 2.48 bits per heavy atom. The van der Waals surface area contributed by atoms with Crippen molar-refractivity contribution < 1.29 is 9.59 Å². The van der Waals surface area contributed by atoms with Crippen molar-refractivity contribution in [2.75, 3.05) is 6.54 Å². The van der Waals surface area contributed by atoms with Crippen molar-refractivity contribution in [2.45, 2.75) is 26.4 Å². The molecule has 0 aliphatic carbocycles. The number of hydrogen-bond acceptors (Lipinski definition) is 3. The molecule has 0 spiro atoms. The standard InChI is InChI=1S/C22H23ClN4O2/c1-17(28)26(15-18-5-3-2-4-6-18)12-11-22(29)24-13-19-14-25-27(16-19)21-9-7-20(23)8-10-21/h2-10,14,16H,11-13,15H2,1H3,(H,24,29). The van der Waals surface area contributed by atoms with Crippen LogP contribution in [0.5, 0.6) is 0 Å². The molecule has 1 heterocycles. The number of hydrogen-bond donors (Lipinski definition) is 1. The van der Waals surface area contributed by atoms with Gasteiger partial charge in [-0.05, 0) is 29.8 Å². The molecule has 2 amide bonds. The number of nitrogens with one attached hydrogen (secondary N) is 1. The molecule has 1 aromatic heterocycles. The van der Waals surface area contributed by atoms with E-state index in [1.807, 2.05) is 48.7 Å². The van der Waals surface area contributed by atoms with Crippen LogP contribution in [0.4, 0.5) is 0 Å². The molecule has 1 N–H and O–H groups in total. The second kappa shape index (κ2) is 9.89. The van der Waals surface area contributed by atoms with E-state index in [0.717, 1.165) is 16.8 Å². The fourth-order valence-electron chi connectivity index (χ4n) is 2.86. The van der Waals surface area contributed by atoms with Gasteiger partial charge >= 0.3 is 0 Å². The fourth-order valence-corrected chi connectivity index (χ4v) is 2.99. The third kappa shape index (κ3) is 6.19. The minimum atomic E-state index is -0.108. The Morgan fingerprint density at radius 2 is 1.79 bits per heavy atom. The van der Waals surface area contributed by atoms with Crippen molar-refractivity contribution in [2.24, 2.45) is 0 Å². The first kappa shape index (κ1) is 20.6. The summed E-state index contributed by atoms with van der Waals surface area (Å²) in [7, 11) is 0. The van der Waals surface area contributed by atoms with Crippen molar-refractivity contribution in [3.63, 3.8) is 0 Å². The van der Waals surface area contributed by atoms with Gasteiger partial charge in [0, 0.05) is 49.8 Å². The molecule has 0 aliphatic rings. The zero-order chi connectivity index (χ0) is 20.6. The fraction of sp³-hybridized carbons (Fsp3) is 0.227. The van der Waals surface area contributed by atoms with Gasteiger partial charge in [0.15, 0.2) is 0 Å². The number of carbonyl (C=O) groups is 2. The monoisotopic (exact) mass is 410 g/mol. The van der Waals surface area contributed by atoms with E-state index in [2.05, 4.69) is 10.4 Å². The summed E-state index contributed by atoms with van der Waals surface area (Å²) in [6, 6.07) is 17.1. The Bertz CT molecular complexity index is 954. The van der Waals surface area contributed by atoms with Crippen LogP contribution in [0, 0.1) is 0 Å². The summed E-state index contributed by atoms with van der Waals surface area (Å²) in [5.41, 5.74) is 2.82. The van der Waals surface area contributed by atoms with Crippen LogP contribution in [-0.2, 0) is 22.7 Å². The van der Waals surface area contributed by atoms with Crippen LogP contribution in [0.15, 0.2) is 67.0 Å². The minimum Gasteiger partial charge on any atom is -0.352 e. The SMILES string of the molecule is CC(=O)N(CCC(=O)NCc1cnn(-c2ccc(Cl)cc2)c1)Cc1ccccc1. The van der Waals surface area contributed by atoms with Gasteiger partial charge in [0.1, 0.15) is 0 Å². The lowest BCUT2D eigenvalue weighted by Gasteiger charge is -2.21. The Labute approximate surface area is 175 Å². The normalized spacial score (nSPS) is 10.6. The third-order valence-electron chi connectivity index (χ3n) is 4.49. The summed E-state index contributed by atoms with van der Waals surface area (Å²) >= 11 is 5.90. The number of carbonyl (C=O) groups excluding carboxylic acids is 2. The molecule has 0 aliphatic heterocycles. The van der Waals surface area contributed by atoms with E-state index < -0.39 is 0 Å². The predicted molar refractivity (Wildman–Crippen MR) is 113 cm³/mol. The van der Waals surface area contributed by atoms with E-state index in [4.69, 9.17) is 11.6 Å². The van der Waals surface area contributed by atoms with E-state index in [1.54, 1.807) is 27.9 Å². The zero-order valence-electron chi connectivity index (χ0n) is 16.2. The lowest BCUT2D eigenvalue weighted by atomic mass is 10.2. The summed E-state index contributed by atoms with van der Waals surface area (Å²) in [6.45, 7) is 2.77. The second-order valence-electron chi connectivity index (χ2n) is 6.72. The maximum atomic E-state index is 12.2. The minimum absolute atomic E-state index is 0.0501. The van der Waals surface area contributed by atoms with E-state index >= 15 is 0 Å². The van der Waals surface area contributed by atoms with Crippen LogP contribution in [-0.4, -0.2) is 33.0 Å². The summed E-state index contributed by atoms with van der Waals surface area (Å²) in [4.78, 5) is 25.8. The summed E-state index contributed by atoms with van der Waals surface area (Å²) in [5, 5.41) is 7.85. The van der Waals surface area contributed by atoms with E-state index in [0.29, 0.717) is 24.7 Å². The third-order valence-corrected chi connectivity index (χ3v) is 4.74. The molecule has 6 nitrogen and oxygen atoms in total. The van der Waals surface area contributed by atoms with Crippen LogP contribution in [0.1, 0.15) is 24.5 Å². The predicted octanol–water partition coefficient (Wildman–Crippen LogP) is 3.58. The van der Waals surface area contributed by atoms with Crippen molar-refractivity contribution in [3.8, 4) is 5.69 Å². The Morgan fingerprint density at radius 1 is 1.07 bits per heavy atom. The van der Waals surface area contributed by atoms with Gasteiger partial charge in [0.2, 0.25) is 11.8 Å². The highest BCUT2D eigenvalue weighted by molar-refractivity contribution is 6.30. The van der Waals surface area contributed by atoms with Crippen LogP contribution in [0.25, 0.3) is 5.69 Å².